The Hall–Kier alpha value is -2.31. The van der Waals surface area contributed by atoms with Crippen LogP contribution in [0.15, 0.2) is 12.1 Å². The van der Waals surface area contributed by atoms with Gasteiger partial charge in [-0.3, -0.25) is 5.73 Å². The Morgan fingerprint density at radius 3 is 2.36 bits per heavy atom. The van der Waals surface area contributed by atoms with Crippen molar-refractivity contribution in [1.82, 2.24) is 4.85 Å². The summed E-state index contributed by atoms with van der Waals surface area (Å²) in [7, 11) is 0. The quantitative estimate of drug-likeness (QED) is 0.190. The standard InChI is InChI=1S/C7H9N5O2/c8-3-1-2-4(9)6-5(3)7(10)12(14)11(6)13/h1-2,13H,8-10H2. The number of nitrogen functional groups attached to an aromatic ring is 3. The van der Waals surface area contributed by atoms with Crippen LogP contribution in [-0.2, 0) is 0 Å². The Kier molecular flexibility index (Phi) is 1.39. The van der Waals surface area contributed by atoms with Crippen molar-refractivity contribution in [2.45, 2.75) is 0 Å². The fraction of sp³-hybridized carbons (Fsp3) is 0. The van der Waals surface area contributed by atoms with Crippen molar-refractivity contribution in [3.05, 3.63) is 17.3 Å². The summed E-state index contributed by atoms with van der Waals surface area (Å²) in [5.74, 6) is -0.174. The van der Waals surface area contributed by atoms with E-state index >= 15 is 0 Å². The molecule has 14 heavy (non-hydrogen) atoms. The summed E-state index contributed by atoms with van der Waals surface area (Å²) in [5, 5.41) is 20.8. The highest BCUT2D eigenvalue weighted by molar-refractivity contribution is 6.03. The third kappa shape index (κ3) is 0.777. The van der Waals surface area contributed by atoms with Gasteiger partial charge in [-0.1, -0.05) is 0 Å². The molecule has 0 aliphatic carbocycles. The van der Waals surface area contributed by atoms with Crippen LogP contribution in [0.25, 0.3) is 10.9 Å². The summed E-state index contributed by atoms with van der Waals surface area (Å²) in [6.07, 6.45) is 0. The van der Waals surface area contributed by atoms with Crippen molar-refractivity contribution in [3.63, 3.8) is 0 Å². The van der Waals surface area contributed by atoms with E-state index in [2.05, 4.69) is 0 Å². The molecule has 0 saturated carbocycles. The number of hydrogen-bond acceptors (Lipinski definition) is 5. The minimum atomic E-state index is -0.174. The van der Waals surface area contributed by atoms with E-state index in [1.165, 1.54) is 12.1 Å². The van der Waals surface area contributed by atoms with Crippen molar-refractivity contribution in [1.29, 1.82) is 0 Å². The largest absolute Gasteiger partial charge is 0.690 e. The predicted molar refractivity (Wildman–Crippen MR) is 51.3 cm³/mol. The zero-order valence-electron chi connectivity index (χ0n) is 7.14. The molecule has 2 aromatic rings. The Bertz CT molecular complexity index is 474. The third-order valence-electron chi connectivity index (χ3n) is 2.08. The molecule has 0 aliphatic rings. The molecule has 0 fully saturated rings. The number of fused-ring (bicyclic) bond motifs is 1. The summed E-state index contributed by atoms with van der Waals surface area (Å²) < 4.78 is 0. The van der Waals surface area contributed by atoms with Crippen LogP contribution in [0.5, 0.6) is 0 Å². The highest BCUT2D eigenvalue weighted by Gasteiger charge is 2.19. The van der Waals surface area contributed by atoms with Crippen LogP contribution >= 0.6 is 0 Å². The zero-order chi connectivity index (χ0) is 10.5. The summed E-state index contributed by atoms with van der Waals surface area (Å²) in [6, 6.07) is 3.01. The summed E-state index contributed by atoms with van der Waals surface area (Å²) in [5.41, 5.74) is 17.3. The average Bonchev–Trinajstić information content (AvgIpc) is 2.38. The van der Waals surface area contributed by atoms with E-state index in [-0.39, 0.29) is 27.3 Å². The lowest BCUT2D eigenvalue weighted by Gasteiger charge is -2.01. The Morgan fingerprint density at radius 2 is 1.79 bits per heavy atom. The topological polar surface area (TPSA) is 130 Å². The SMILES string of the molecule is Nc1ccc(N)c2c1c(N)[n+]([O-])n2O. The molecule has 0 bridgehead atoms. The van der Waals surface area contributed by atoms with E-state index in [1.807, 2.05) is 0 Å². The van der Waals surface area contributed by atoms with Gasteiger partial charge in [-0.15, -0.1) is 4.85 Å². The van der Waals surface area contributed by atoms with Gasteiger partial charge in [0.05, 0.1) is 5.69 Å². The monoisotopic (exact) mass is 195 g/mol. The highest BCUT2D eigenvalue weighted by atomic mass is 16.6. The fourth-order valence-electron chi connectivity index (χ4n) is 1.40. The Morgan fingerprint density at radius 1 is 1.21 bits per heavy atom. The maximum atomic E-state index is 11.2. The smallest absolute Gasteiger partial charge is 0.309 e. The Labute approximate surface area is 78.4 Å². The lowest BCUT2D eigenvalue weighted by atomic mass is 10.2. The second-order valence-corrected chi connectivity index (χ2v) is 2.92. The van der Waals surface area contributed by atoms with Crippen LogP contribution in [0, 0.1) is 5.21 Å². The van der Waals surface area contributed by atoms with Gasteiger partial charge in [0.2, 0.25) is 0 Å². The number of rotatable bonds is 0. The lowest BCUT2D eigenvalue weighted by molar-refractivity contribution is -0.709. The molecule has 0 aliphatic heterocycles. The van der Waals surface area contributed by atoms with Crippen LogP contribution in [-0.4, -0.2) is 10.1 Å². The second kappa shape index (κ2) is 2.34. The molecule has 7 heteroatoms. The van der Waals surface area contributed by atoms with Gasteiger partial charge >= 0.3 is 5.82 Å². The highest BCUT2D eigenvalue weighted by Crippen LogP contribution is 2.28. The molecule has 0 radical (unpaired) electrons. The first-order chi connectivity index (χ1) is 6.54. The molecule has 0 unspecified atom stereocenters. The summed E-state index contributed by atoms with van der Waals surface area (Å²) >= 11 is 0. The van der Waals surface area contributed by atoms with Crippen molar-refractivity contribution in [3.8, 4) is 0 Å². The van der Waals surface area contributed by atoms with Gasteiger partial charge in [0, 0.05) is 5.69 Å². The Balaban J connectivity index is 3.08. The molecule has 1 aromatic carbocycles. The van der Waals surface area contributed by atoms with Crippen molar-refractivity contribution >= 4 is 28.1 Å². The molecule has 7 N–H and O–H groups in total. The van der Waals surface area contributed by atoms with Crippen LogP contribution in [0.1, 0.15) is 0 Å². The van der Waals surface area contributed by atoms with E-state index < -0.39 is 0 Å². The average molecular weight is 195 g/mol. The summed E-state index contributed by atoms with van der Waals surface area (Å²) in [4.78, 5) is 0.452. The molecule has 0 amide bonds. The molecule has 0 atom stereocenters. The molecule has 7 nitrogen and oxygen atoms in total. The van der Waals surface area contributed by atoms with Gasteiger partial charge < -0.3 is 21.9 Å². The predicted octanol–water partition coefficient (Wildman–Crippen LogP) is -0.741. The molecular weight excluding hydrogens is 186 g/mol. The molecular formula is C7H9N5O2. The first-order valence-corrected chi connectivity index (χ1v) is 3.81. The van der Waals surface area contributed by atoms with Gasteiger partial charge in [0.15, 0.2) is 5.52 Å². The summed E-state index contributed by atoms with van der Waals surface area (Å²) in [6.45, 7) is 0. The molecule has 0 spiro atoms. The molecule has 1 heterocycles. The van der Waals surface area contributed by atoms with Gasteiger partial charge in [-0.2, -0.15) is 0 Å². The number of anilines is 3. The van der Waals surface area contributed by atoms with Crippen molar-refractivity contribution in [2.75, 3.05) is 17.2 Å². The number of benzene rings is 1. The zero-order valence-corrected chi connectivity index (χ0v) is 7.14. The van der Waals surface area contributed by atoms with Crippen molar-refractivity contribution < 1.29 is 10.1 Å². The van der Waals surface area contributed by atoms with Crippen LogP contribution in [0.3, 0.4) is 0 Å². The van der Waals surface area contributed by atoms with Crippen LogP contribution in [0.2, 0.25) is 0 Å². The normalized spacial score (nSPS) is 10.9. The number of nitrogens with zero attached hydrogens (tertiary/aromatic N) is 2. The first kappa shape index (κ1) is 8.30. The van der Waals surface area contributed by atoms with E-state index in [1.54, 1.807) is 0 Å². The van der Waals surface area contributed by atoms with Gasteiger partial charge in [0.1, 0.15) is 5.39 Å². The van der Waals surface area contributed by atoms with Crippen molar-refractivity contribution in [2.24, 2.45) is 0 Å². The van der Waals surface area contributed by atoms with E-state index in [0.717, 1.165) is 0 Å². The lowest BCUT2D eigenvalue weighted by Crippen LogP contribution is -2.38. The number of nitrogens with two attached hydrogens (primary N) is 3. The van der Waals surface area contributed by atoms with Gasteiger partial charge in [-0.05, 0) is 17.0 Å². The van der Waals surface area contributed by atoms with Gasteiger partial charge in [-0.25, -0.2) is 0 Å². The van der Waals surface area contributed by atoms with Gasteiger partial charge in [0.25, 0.3) is 0 Å². The first-order valence-electron chi connectivity index (χ1n) is 3.81. The minimum absolute atomic E-state index is 0.122. The maximum absolute atomic E-state index is 11.2. The molecule has 1 aromatic heterocycles. The van der Waals surface area contributed by atoms with E-state index in [0.29, 0.717) is 10.5 Å². The van der Waals surface area contributed by atoms with E-state index in [4.69, 9.17) is 17.2 Å². The van der Waals surface area contributed by atoms with Crippen LogP contribution in [0.4, 0.5) is 17.2 Å². The molecule has 74 valence electrons. The third-order valence-corrected chi connectivity index (χ3v) is 2.08. The van der Waals surface area contributed by atoms with Crippen LogP contribution < -0.4 is 22.0 Å². The molecule has 2 rings (SSSR count). The molecule has 0 saturated heterocycles. The fourth-order valence-corrected chi connectivity index (χ4v) is 1.40. The minimum Gasteiger partial charge on any atom is -0.690 e. The number of aromatic nitrogens is 2. The maximum Gasteiger partial charge on any atom is 0.309 e. The number of hydrogen-bond donors (Lipinski definition) is 4. The second-order valence-electron chi connectivity index (χ2n) is 2.92. The van der Waals surface area contributed by atoms with E-state index in [9.17, 15) is 10.4 Å².